The van der Waals surface area contributed by atoms with Gasteiger partial charge in [-0.05, 0) is 29.8 Å². The van der Waals surface area contributed by atoms with Gasteiger partial charge in [0.15, 0.2) is 0 Å². The summed E-state index contributed by atoms with van der Waals surface area (Å²) >= 11 is 0. The standard InChI is InChI=1S/C14H20/c1-5-6-7-8-9-10-11-12-13-14(2,3)4/h12-13H,5-7H2,1-4H3/b13-12+. The summed E-state index contributed by atoms with van der Waals surface area (Å²) in [5.74, 6) is 11.6. The van der Waals surface area contributed by atoms with E-state index in [4.69, 9.17) is 0 Å². The van der Waals surface area contributed by atoms with E-state index in [1.54, 1.807) is 0 Å². The average Bonchev–Trinajstić information content (AvgIpc) is 2.08. The third-order valence-electron chi connectivity index (χ3n) is 1.55. The molecule has 0 nitrogen and oxygen atoms in total. The lowest BCUT2D eigenvalue weighted by molar-refractivity contribution is 0.544. The molecule has 0 atom stereocenters. The molecule has 0 radical (unpaired) electrons. The Balaban J connectivity index is 3.82. The van der Waals surface area contributed by atoms with Crippen molar-refractivity contribution < 1.29 is 0 Å². The van der Waals surface area contributed by atoms with Crippen LogP contribution in [-0.4, -0.2) is 0 Å². The molecule has 0 spiro atoms. The molecule has 0 fully saturated rings. The van der Waals surface area contributed by atoms with E-state index in [1.807, 2.05) is 6.08 Å². The Morgan fingerprint density at radius 3 is 2.43 bits per heavy atom. The van der Waals surface area contributed by atoms with Crippen molar-refractivity contribution in [1.29, 1.82) is 0 Å². The van der Waals surface area contributed by atoms with Crippen molar-refractivity contribution in [3.63, 3.8) is 0 Å². The average molecular weight is 188 g/mol. The SMILES string of the molecule is CCCCC#CC#C/C=C/C(C)(C)C. The van der Waals surface area contributed by atoms with Crippen molar-refractivity contribution in [3.05, 3.63) is 12.2 Å². The second kappa shape index (κ2) is 7.28. The molecule has 0 aromatic rings. The molecule has 14 heavy (non-hydrogen) atoms. The Morgan fingerprint density at radius 1 is 1.14 bits per heavy atom. The van der Waals surface area contributed by atoms with Crippen LogP contribution in [0.3, 0.4) is 0 Å². The topological polar surface area (TPSA) is 0 Å². The smallest absolute Gasteiger partial charge is 0.00988 e. The maximum atomic E-state index is 3.03. The van der Waals surface area contributed by atoms with Crippen LogP contribution in [0.25, 0.3) is 0 Å². The molecule has 0 heteroatoms. The normalized spacial score (nSPS) is 10.3. The van der Waals surface area contributed by atoms with Gasteiger partial charge in [0, 0.05) is 6.42 Å². The van der Waals surface area contributed by atoms with Crippen LogP contribution in [0.2, 0.25) is 0 Å². The van der Waals surface area contributed by atoms with Crippen LogP contribution in [0.4, 0.5) is 0 Å². The van der Waals surface area contributed by atoms with Crippen molar-refractivity contribution in [2.45, 2.75) is 47.0 Å². The van der Waals surface area contributed by atoms with Crippen molar-refractivity contribution in [2.75, 3.05) is 0 Å². The maximum absolute atomic E-state index is 3.03. The molecule has 76 valence electrons. The van der Waals surface area contributed by atoms with Gasteiger partial charge in [-0.1, -0.05) is 52.0 Å². The summed E-state index contributed by atoms with van der Waals surface area (Å²) in [6, 6.07) is 0. The largest absolute Gasteiger partial charge is 0.0891 e. The zero-order valence-electron chi connectivity index (χ0n) is 9.78. The van der Waals surface area contributed by atoms with Gasteiger partial charge in [0.2, 0.25) is 0 Å². The lowest BCUT2D eigenvalue weighted by Crippen LogP contribution is -1.97. The number of unbranched alkanes of at least 4 members (excludes halogenated alkanes) is 2. The monoisotopic (exact) mass is 188 g/mol. The first-order valence-corrected chi connectivity index (χ1v) is 5.22. The quantitative estimate of drug-likeness (QED) is 0.457. The molecule has 0 unspecified atom stereocenters. The van der Waals surface area contributed by atoms with E-state index in [-0.39, 0.29) is 5.41 Å². The van der Waals surface area contributed by atoms with Gasteiger partial charge in [-0.2, -0.15) is 0 Å². The lowest BCUT2D eigenvalue weighted by Gasteiger charge is -2.09. The molecule has 0 N–H and O–H groups in total. The van der Waals surface area contributed by atoms with Gasteiger partial charge in [0.25, 0.3) is 0 Å². The Kier molecular flexibility index (Phi) is 6.69. The first-order chi connectivity index (χ1) is 6.56. The highest BCUT2D eigenvalue weighted by Crippen LogP contribution is 2.13. The molecule has 0 aliphatic rings. The van der Waals surface area contributed by atoms with Crippen LogP contribution >= 0.6 is 0 Å². The van der Waals surface area contributed by atoms with E-state index in [9.17, 15) is 0 Å². The van der Waals surface area contributed by atoms with E-state index < -0.39 is 0 Å². The molecular weight excluding hydrogens is 168 g/mol. The summed E-state index contributed by atoms with van der Waals surface area (Å²) in [7, 11) is 0. The first kappa shape index (κ1) is 12.9. The van der Waals surface area contributed by atoms with Crippen molar-refractivity contribution in [1.82, 2.24) is 0 Å². The Labute approximate surface area is 88.8 Å². The lowest BCUT2D eigenvalue weighted by atomic mass is 9.96. The van der Waals surface area contributed by atoms with Crippen LogP contribution in [0.1, 0.15) is 47.0 Å². The molecule has 0 heterocycles. The summed E-state index contributed by atoms with van der Waals surface area (Å²) in [6.45, 7) is 8.62. The van der Waals surface area contributed by atoms with Crippen LogP contribution in [-0.2, 0) is 0 Å². The van der Waals surface area contributed by atoms with Crippen LogP contribution in [0.15, 0.2) is 12.2 Å². The fourth-order valence-electron chi connectivity index (χ4n) is 0.741. The molecular formula is C14H20. The Bertz CT molecular complexity index is 278. The zero-order valence-corrected chi connectivity index (χ0v) is 9.78. The van der Waals surface area contributed by atoms with E-state index in [0.29, 0.717) is 0 Å². The minimum absolute atomic E-state index is 0.213. The van der Waals surface area contributed by atoms with E-state index >= 15 is 0 Å². The van der Waals surface area contributed by atoms with Crippen molar-refractivity contribution in [3.8, 4) is 23.7 Å². The highest BCUT2D eigenvalue weighted by atomic mass is 14.1. The van der Waals surface area contributed by atoms with Crippen molar-refractivity contribution >= 4 is 0 Å². The molecule has 0 bridgehead atoms. The third kappa shape index (κ3) is 10.9. The summed E-state index contributed by atoms with van der Waals surface area (Å²) in [5.41, 5.74) is 0.213. The Morgan fingerprint density at radius 2 is 1.86 bits per heavy atom. The summed E-state index contributed by atoms with van der Waals surface area (Å²) in [6.07, 6.45) is 7.31. The number of hydrogen-bond acceptors (Lipinski definition) is 0. The van der Waals surface area contributed by atoms with E-state index in [0.717, 1.165) is 6.42 Å². The van der Waals surface area contributed by atoms with Gasteiger partial charge in [-0.25, -0.2) is 0 Å². The van der Waals surface area contributed by atoms with Crippen LogP contribution < -0.4 is 0 Å². The maximum Gasteiger partial charge on any atom is 0.00988 e. The van der Waals surface area contributed by atoms with Gasteiger partial charge in [0.1, 0.15) is 0 Å². The second-order valence-electron chi connectivity index (χ2n) is 4.37. The molecule has 0 aliphatic heterocycles. The molecule has 0 aliphatic carbocycles. The van der Waals surface area contributed by atoms with Gasteiger partial charge >= 0.3 is 0 Å². The van der Waals surface area contributed by atoms with E-state index in [1.165, 1.54) is 12.8 Å². The summed E-state index contributed by atoms with van der Waals surface area (Å²) in [4.78, 5) is 0. The second-order valence-corrected chi connectivity index (χ2v) is 4.37. The zero-order chi connectivity index (χ0) is 10.9. The predicted octanol–water partition coefficient (Wildman–Crippen LogP) is 3.79. The highest BCUT2D eigenvalue weighted by molar-refractivity contribution is 5.31. The molecule has 0 rings (SSSR count). The third-order valence-corrected chi connectivity index (χ3v) is 1.55. The molecule has 0 saturated carbocycles. The number of hydrogen-bond donors (Lipinski definition) is 0. The molecule has 0 aromatic carbocycles. The minimum Gasteiger partial charge on any atom is -0.0891 e. The fraction of sp³-hybridized carbons (Fsp3) is 0.571. The van der Waals surface area contributed by atoms with Gasteiger partial charge < -0.3 is 0 Å². The van der Waals surface area contributed by atoms with Gasteiger partial charge in [-0.3, -0.25) is 0 Å². The molecule has 0 saturated heterocycles. The predicted molar refractivity (Wildman–Crippen MR) is 63.7 cm³/mol. The number of rotatable bonds is 2. The van der Waals surface area contributed by atoms with Crippen LogP contribution in [0, 0.1) is 29.1 Å². The molecule has 0 aromatic heterocycles. The molecule has 0 amide bonds. The van der Waals surface area contributed by atoms with E-state index in [2.05, 4.69) is 57.5 Å². The van der Waals surface area contributed by atoms with Gasteiger partial charge in [-0.15, -0.1) is 0 Å². The van der Waals surface area contributed by atoms with Crippen molar-refractivity contribution in [2.24, 2.45) is 5.41 Å². The minimum atomic E-state index is 0.213. The van der Waals surface area contributed by atoms with Gasteiger partial charge in [0.05, 0.1) is 0 Å². The number of allylic oxidation sites excluding steroid dienone is 2. The Hall–Kier alpha value is -1.14. The first-order valence-electron chi connectivity index (χ1n) is 5.22. The van der Waals surface area contributed by atoms with Crippen LogP contribution in [0.5, 0.6) is 0 Å². The fourth-order valence-corrected chi connectivity index (χ4v) is 0.741. The summed E-state index contributed by atoms with van der Waals surface area (Å²) < 4.78 is 0. The summed E-state index contributed by atoms with van der Waals surface area (Å²) in [5, 5.41) is 0. The highest BCUT2D eigenvalue weighted by Gasteiger charge is 2.01.